The topological polar surface area (TPSA) is 71.5 Å². The number of hydrogen-bond donors (Lipinski definition) is 2. The molecule has 0 saturated carbocycles. The lowest BCUT2D eigenvalue weighted by molar-refractivity contribution is -0.141. The second kappa shape index (κ2) is 5.23. The van der Waals surface area contributed by atoms with Crippen molar-refractivity contribution in [2.24, 2.45) is 0 Å². The van der Waals surface area contributed by atoms with E-state index in [2.05, 4.69) is 9.82 Å². The number of aliphatic hydroxyl groups is 1. The number of alkyl halides is 3. The predicted molar refractivity (Wildman–Crippen MR) is 47.6 cm³/mol. The molecule has 5 nitrogen and oxygen atoms in total. The summed E-state index contributed by atoms with van der Waals surface area (Å²) in [7, 11) is 0. The summed E-state index contributed by atoms with van der Waals surface area (Å²) in [6.07, 6.45) is -4.68. The Morgan fingerprint density at radius 3 is 2.88 bits per heavy atom. The largest absolute Gasteiger partial charge is 0.434 e. The van der Waals surface area contributed by atoms with Crippen LogP contribution in [0.1, 0.15) is 15.4 Å². The normalized spacial score (nSPS) is 11.5. The van der Waals surface area contributed by atoms with E-state index in [0.29, 0.717) is 11.3 Å². The maximum Gasteiger partial charge on any atom is 0.434 e. The fourth-order valence-corrected chi connectivity index (χ4v) is 1.51. The quantitative estimate of drug-likeness (QED) is 0.618. The van der Waals surface area contributed by atoms with Crippen molar-refractivity contribution in [2.45, 2.75) is 6.18 Å². The second-order valence-corrected chi connectivity index (χ2v) is 3.39. The number of hydroxylamine groups is 1. The van der Waals surface area contributed by atoms with Crippen LogP contribution in [0.15, 0.2) is 5.51 Å². The van der Waals surface area contributed by atoms with E-state index in [1.54, 1.807) is 5.48 Å². The summed E-state index contributed by atoms with van der Waals surface area (Å²) in [5, 5.41) is 8.33. The van der Waals surface area contributed by atoms with Crippen LogP contribution in [0, 0.1) is 0 Å². The minimum absolute atomic E-state index is 0.202. The first-order valence-electron chi connectivity index (χ1n) is 4.00. The zero-order valence-electron chi connectivity index (χ0n) is 7.74. The van der Waals surface area contributed by atoms with Crippen LogP contribution in [0.25, 0.3) is 0 Å². The molecule has 2 N–H and O–H groups in total. The Hall–Kier alpha value is -1.19. The van der Waals surface area contributed by atoms with Gasteiger partial charge in [-0.3, -0.25) is 9.63 Å². The SMILES string of the molecule is O=C(NOCCO)c1scnc1C(F)(F)F. The van der Waals surface area contributed by atoms with Gasteiger partial charge in [0.15, 0.2) is 5.69 Å². The Kier molecular flexibility index (Phi) is 4.21. The Bertz CT molecular complexity index is 366. The number of amides is 1. The van der Waals surface area contributed by atoms with Crippen molar-refractivity contribution in [1.29, 1.82) is 0 Å². The van der Waals surface area contributed by atoms with Crippen molar-refractivity contribution >= 4 is 17.2 Å². The van der Waals surface area contributed by atoms with Crippen LogP contribution >= 0.6 is 11.3 Å². The molecule has 1 aromatic rings. The molecule has 0 aliphatic rings. The van der Waals surface area contributed by atoms with Gasteiger partial charge in [0, 0.05) is 0 Å². The van der Waals surface area contributed by atoms with Crippen LogP contribution in [-0.4, -0.2) is 29.2 Å². The zero-order valence-corrected chi connectivity index (χ0v) is 8.56. The second-order valence-electron chi connectivity index (χ2n) is 2.53. The third kappa shape index (κ3) is 3.15. The maximum absolute atomic E-state index is 12.3. The summed E-state index contributed by atoms with van der Waals surface area (Å²) < 4.78 is 36.9. The highest BCUT2D eigenvalue weighted by molar-refractivity contribution is 7.11. The van der Waals surface area contributed by atoms with E-state index in [4.69, 9.17) is 5.11 Å². The van der Waals surface area contributed by atoms with E-state index in [0.717, 1.165) is 5.51 Å². The third-order valence-electron chi connectivity index (χ3n) is 1.40. The average Bonchev–Trinajstić information content (AvgIpc) is 2.65. The number of nitrogens with zero attached hydrogens (tertiary/aromatic N) is 1. The van der Waals surface area contributed by atoms with Crippen LogP contribution in [0.4, 0.5) is 13.2 Å². The molecule has 0 saturated heterocycles. The third-order valence-corrected chi connectivity index (χ3v) is 2.23. The van der Waals surface area contributed by atoms with Gasteiger partial charge in [-0.25, -0.2) is 10.5 Å². The van der Waals surface area contributed by atoms with Gasteiger partial charge in [0.1, 0.15) is 4.88 Å². The molecule has 0 aliphatic carbocycles. The highest BCUT2D eigenvalue weighted by Gasteiger charge is 2.38. The van der Waals surface area contributed by atoms with Gasteiger partial charge in [-0.15, -0.1) is 11.3 Å². The summed E-state index contributed by atoms with van der Waals surface area (Å²) in [6.45, 7) is -0.555. The number of carbonyl (C=O) groups excluding carboxylic acids is 1. The monoisotopic (exact) mass is 256 g/mol. The van der Waals surface area contributed by atoms with Gasteiger partial charge in [-0.2, -0.15) is 13.2 Å². The van der Waals surface area contributed by atoms with Gasteiger partial charge in [-0.1, -0.05) is 0 Å². The lowest BCUT2D eigenvalue weighted by atomic mass is 10.3. The fourth-order valence-electron chi connectivity index (χ4n) is 0.818. The van der Waals surface area contributed by atoms with E-state index < -0.39 is 22.7 Å². The highest BCUT2D eigenvalue weighted by Crippen LogP contribution is 2.32. The minimum Gasteiger partial charge on any atom is -0.394 e. The molecule has 0 aliphatic heterocycles. The Balaban J connectivity index is 2.73. The zero-order chi connectivity index (χ0) is 12.2. The van der Waals surface area contributed by atoms with Gasteiger partial charge < -0.3 is 5.11 Å². The van der Waals surface area contributed by atoms with Crippen molar-refractivity contribution < 1.29 is 27.9 Å². The van der Waals surface area contributed by atoms with E-state index in [1.165, 1.54) is 0 Å². The summed E-state index contributed by atoms with van der Waals surface area (Å²) in [5.41, 5.74) is 1.44. The van der Waals surface area contributed by atoms with Crippen molar-refractivity contribution in [3.05, 3.63) is 16.1 Å². The van der Waals surface area contributed by atoms with Crippen LogP contribution in [0.5, 0.6) is 0 Å². The molecule has 0 aromatic carbocycles. The molecule has 1 amide bonds. The number of hydrogen-bond acceptors (Lipinski definition) is 5. The molecule has 0 spiro atoms. The molecular formula is C7H7F3N2O3S. The number of aromatic nitrogens is 1. The molecule has 9 heteroatoms. The number of thiazole rings is 1. The minimum atomic E-state index is -4.68. The molecular weight excluding hydrogens is 249 g/mol. The lowest BCUT2D eigenvalue weighted by Gasteiger charge is -2.06. The van der Waals surface area contributed by atoms with Gasteiger partial charge in [0.25, 0.3) is 5.91 Å². The number of halogens is 3. The van der Waals surface area contributed by atoms with E-state index in [1.807, 2.05) is 0 Å². The van der Waals surface area contributed by atoms with Crippen LogP contribution in [0.2, 0.25) is 0 Å². The molecule has 0 bridgehead atoms. The first-order chi connectivity index (χ1) is 7.46. The van der Waals surface area contributed by atoms with Gasteiger partial charge in [0.05, 0.1) is 18.7 Å². The lowest BCUT2D eigenvalue weighted by Crippen LogP contribution is -2.26. The van der Waals surface area contributed by atoms with E-state index in [-0.39, 0.29) is 13.2 Å². The number of nitrogens with one attached hydrogen (secondary N) is 1. The van der Waals surface area contributed by atoms with Gasteiger partial charge in [-0.05, 0) is 0 Å². The highest BCUT2D eigenvalue weighted by atomic mass is 32.1. The molecule has 90 valence electrons. The Labute approximate surface area is 91.8 Å². The molecule has 1 rings (SSSR count). The van der Waals surface area contributed by atoms with Crippen LogP contribution in [0.3, 0.4) is 0 Å². The molecule has 0 atom stereocenters. The first kappa shape index (κ1) is 12.9. The molecule has 1 aromatic heterocycles. The molecule has 0 fully saturated rings. The Morgan fingerprint density at radius 1 is 1.62 bits per heavy atom. The predicted octanol–water partition coefficient (Wildman–Crippen LogP) is 0.816. The van der Waals surface area contributed by atoms with Gasteiger partial charge in [0.2, 0.25) is 0 Å². The summed E-state index contributed by atoms with van der Waals surface area (Å²) in [5.74, 6) is -1.04. The number of carbonyl (C=O) groups is 1. The Morgan fingerprint density at radius 2 is 2.31 bits per heavy atom. The van der Waals surface area contributed by atoms with Crippen molar-refractivity contribution in [1.82, 2.24) is 10.5 Å². The average molecular weight is 256 g/mol. The molecule has 16 heavy (non-hydrogen) atoms. The van der Waals surface area contributed by atoms with E-state index in [9.17, 15) is 18.0 Å². The fraction of sp³-hybridized carbons (Fsp3) is 0.429. The smallest absolute Gasteiger partial charge is 0.394 e. The van der Waals surface area contributed by atoms with Crippen molar-refractivity contribution in [3.8, 4) is 0 Å². The van der Waals surface area contributed by atoms with Gasteiger partial charge >= 0.3 is 6.18 Å². The standard InChI is InChI=1S/C7H7F3N2O3S/c8-7(9,10)5-4(16-3-11-5)6(14)12-15-2-1-13/h3,13H,1-2H2,(H,12,14). The van der Waals surface area contributed by atoms with Crippen LogP contribution < -0.4 is 5.48 Å². The number of aliphatic hydroxyl groups excluding tert-OH is 1. The number of rotatable bonds is 4. The van der Waals surface area contributed by atoms with Crippen LogP contribution in [-0.2, 0) is 11.0 Å². The van der Waals surface area contributed by atoms with E-state index >= 15 is 0 Å². The van der Waals surface area contributed by atoms with Crippen molar-refractivity contribution in [2.75, 3.05) is 13.2 Å². The summed E-state index contributed by atoms with van der Waals surface area (Å²) >= 11 is 0.557. The molecule has 0 unspecified atom stereocenters. The summed E-state index contributed by atoms with van der Waals surface area (Å²) in [6, 6.07) is 0. The summed E-state index contributed by atoms with van der Waals surface area (Å²) in [4.78, 5) is 18.1. The maximum atomic E-state index is 12.3. The first-order valence-corrected chi connectivity index (χ1v) is 4.88. The van der Waals surface area contributed by atoms with Crippen molar-refractivity contribution in [3.63, 3.8) is 0 Å². The molecule has 0 radical (unpaired) electrons. The molecule has 1 heterocycles.